The molecule has 1 N–H and O–H groups in total. The first-order valence-corrected chi connectivity index (χ1v) is 12.2. The van der Waals surface area contributed by atoms with Crippen LogP contribution in [0.5, 0.6) is 0 Å². The lowest BCUT2D eigenvalue weighted by Gasteiger charge is -2.31. The molecule has 0 amide bonds. The lowest BCUT2D eigenvalue weighted by atomic mass is 10.2. The van der Waals surface area contributed by atoms with E-state index in [1.165, 1.54) is 10.5 Å². The van der Waals surface area contributed by atoms with Gasteiger partial charge in [-0.1, -0.05) is 30.3 Å². The van der Waals surface area contributed by atoms with Crippen LogP contribution >= 0.6 is 11.3 Å². The largest absolute Gasteiger partial charge is 0.370 e. The molecule has 1 aromatic carbocycles. The van der Waals surface area contributed by atoms with Gasteiger partial charge >= 0.3 is 0 Å². The van der Waals surface area contributed by atoms with Crippen LogP contribution in [0.1, 0.15) is 5.69 Å². The Labute approximate surface area is 181 Å². The molecule has 1 fully saturated rings. The summed E-state index contributed by atoms with van der Waals surface area (Å²) >= 11 is 1.64. The molecule has 4 rings (SSSR count). The van der Waals surface area contributed by atoms with Crippen molar-refractivity contribution in [2.75, 3.05) is 45.1 Å². The third kappa shape index (κ3) is 4.86. The normalized spacial score (nSPS) is 15.9. The van der Waals surface area contributed by atoms with Gasteiger partial charge in [0.25, 0.3) is 0 Å². The SMILES string of the molecule is CN1CCN(S(=O)(=O)c2ccc(NCCc3csc(-c4ccccc4)n3)nc2)CC1. The molecular weight excluding hydrogens is 418 g/mol. The van der Waals surface area contributed by atoms with E-state index in [0.717, 1.165) is 35.8 Å². The van der Waals surface area contributed by atoms with Crippen LogP contribution in [0.4, 0.5) is 5.82 Å². The van der Waals surface area contributed by atoms with Crippen molar-refractivity contribution in [3.05, 3.63) is 59.7 Å². The van der Waals surface area contributed by atoms with Gasteiger partial charge in [-0.3, -0.25) is 0 Å². The second-order valence-corrected chi connectivity index (χ2v) is 10.1. The number of nitrogens with zero attached hydrogens (tertiary/aromatic N) is 4. The van der Waals surface area contributed by atoms with E-state index in [1.807, 2.05) is 25.2 Å². The summed E-state index contributed by atoms with van der Waals surface area (Å²) in [6.07, 6.45) is 2.21. The van der Waals surface area contributed by atoms with Crippen LogP contribution in [0.2, 0.25) is 0 Å². The van der Waals surface area contributed by atoms with E-state index >= 15 is 0 Å². The number of nitrogens with one attached hydrogen (secondary N) is 1. The first kappa shape index (κ1) is 20.9. The van der Waals surface area contributed by atoms with E-state index in [0.29, 0.717) is 25.5 Å². The average Bonchev–Trinajstić information content (AvgIpc) is 3.24. The van der Waals surface area contributed by atoms with Crippen molar-refractivity contribution in [2.24, 2.45) is 0 Å². The predicted molar refractivity (Wildman–Crippen MR) is 120 cm³/mol. The van der Waals surface area contributed by atoms with Crippen LogP contribution in [0.3, 0.4) is 0 Å². The molecule has 0 spiro atoms. The van der Waals surface area contributed by atoms with Crippen LogP contribution < -0.4 is 5.32 Å². The molecule has 1 aliphatic rings. The zero-order valence-corrected chi connectivity index (χ0v) is 18.5. The number of hydrogen-bond donors (Lipinski definition) is 1. The highest BCUT2D eigenvalue weighted by Crippen LogP contribution is 2.23. The lowest BCUT2D eigenvalue weighted by molar-refractivity contribution is 0.222. The van der Waals surface area contributed by atoms with Crippen molar-refractivity contribution in [1.82, 2.24) is 19.2 Å². The van der Waals surface area contributed by atoms with E-state index < -0.39 is 10.0 Å². The minimum atomic E-state index is -3.48. The summed E-state index contributed by atoms with van der Waals surface area (Å²) < 4.78 is 27.1. The third-order valence-corrected chi connectivity index (χ3v) is 7.92. The summed E-state index contributed by atoms with van der Waals surface area (Å²) in [5.74, 6) is 0.658. The number of piperazine rings is 1. The molecule has 30 heavy (non-hydrogen) atoms. The Morgan fingerprint density at radius 3 is 2.53 bits per heavy atom. The first-order chi connectivity index (χ1) is 14.5. The molecule has 9 heteroatoms. The van der Waals surface area contributed by atoms with Crippen LogP contribution in [-0.4, -0.2) is 67.4 Å². The quantitative estimate of drug-likeness (QED) is 0.605. The molecule has 1 aliphatic heterocycles. The maximum Gasteiger partial charge on any atom is 0.244 e. The van der Waals surface area contributed by atoms with Crippen molar-refractivity contribution in [2.45, 2.75) is 11.3 Å². The number of hydrogen-bond acceptors (Lipinski definition) is 7. The molecule has 0 unspecified atom stereocenters. The van der Waals surface area contributed by atoms with Gasteiger partial charge in [0.2, 0.25) is 10.0 Å². The second-order valence-electron chi connectivity index (χ2n) is 7.27. The fraction of sp³-hybridized carbons (Fsp3) is 0.333. The van der Waals surface area contributed by atoms with Gasteiger partial charge in [0.05, 0.1) is 5.69 Å². The topological polar surface area (TPSA) is 78.4 Å². The molecule has 3 heterocycles. The first-order valence-electron chi connectivity index (χ1n) is 9.91. The number of aromatic nitrogens is 2. The number of likely N-dealkylation sites (N-methyl/N-ethyl adjacent to an activating group) is 1. The smallest absolute Gasteiger partial charge is 0.244 e. The summed E-state index contributed by atoms with van der Waals surface area (Å²) in [7, 11) is -1.48. The Balaban J connectivity index is 1.32. The van der Waals surface area contributed by atoms with Gasteiger partial charge in [-0.05, 0) is 19.2 Å². The van der Waals surface area contributed by atoms with E-state index in [9.17, 15) is 8.42 Å². The van der Waals surface area contributed by atoms with Gasteiger partial charge in [-0.25, -0.2) is 18.4 Å². The van der Waals surface area contributed by atoms with Gasteiger partial charge in [-0.2, -0.15) is 4.31 Å². The van der Waals surface area contributed by atoms with E-state index in [2.05, 4.69) is 37.7 Å². The second kappa shape index (κ2) is 9.22. The minimum Gasteiger partial charge on any atom is -0.370 e. The number of sulfonamides is 1. The lowest BCUT2D eigenvalue weighted by Crippen LogP contribution is -2.47. The molecule has 1 saturated heterocycles. The predicted octanol–water partition coefficient (Wildman–Crippen LogP) is 2.80. The van der Waals surface area contributed by atoms with Crippen molar-refractivity contribution in [1.29, 1.82) is 0 Å². The summed E-state index contributed by atoms with van der Waals surface area (Å²) in [5, 5.41) is 6.33. The average molecular weight is 444 g/mol. The van der Waals surface area contributed by atoms with Gasteiger partial charge in [-0.15, -0.1) is 11.3 Å². The summed E-state index contributed by atoms with van der Waals surface area (Å²) in [4.78, 5) is 11.3. The highest BCUT2D eigenvalue weighted by Gasteiger charge is 2.27. The highest BCUT2D eigenvalue weighted by atomic mass is 32.2. The zero-order valence-electron chi connectivity index (χ0n) is 16.9. The van der Waals surface area contributed by atoms with Crippen molar-refractivity contribution < 1.29 is 8.42 Å². The van der Waals surface area contributed by atoms with Gasteiger partial charge < -0.3 is 10.2 Å². The third-order valence-electron chi connectivity index (χ3n) is 5.10. The number of pyridine rings is 1. The Hall–Kier alpha value is -2.33. The Kier molecular flexibility index (Phi) is 6.43. The Morgan fingerprint density at radius 1 is 1.07 bits per heavy atom. The van der Waals surface area contributed by atoms with Crippen molar-refractivity contribution in [3.63, 3.8) is 0 Å². The molecule has 0 radical (unpaired) electrons. The molecule has 0 saturated carbocycles. The molecule has 158 valence electrons. The maximum atomic E-state index is 12.8. The van der Waals surface area contributed by atoms with E-state index in [4.69, 9.17) is 0 Å². The molecular formula is C21H25N5O2S2. The molecule has 7 nitrogen and oxygen atoms in total. The fourth-order valence-corrected chi connectivity index (χ4v) is 5.50. The van der Waals surface area contributed by atoms with Gasteiger partial charge in [0, 0.05) is 56.3 Å². The van der Waals surface area contributed by atoms with Crippen LogP contribution in [0, 0.1) is 0 Å². The van der Waals surface area contributed by atoms with Crippen LogP contribution in [0.25, 0.3) is 10.6 Å². The molecule has 0 bridgehead atoms. The zero-order chi connectivity index (χ0) is 21.0. The Bertz CT molecular complexity index is 1060. The summed E-state index contributed by atoms with van der Waals surface area (Å²) in [6.45, 7) is 3.19. The van der Waals surface area contributed by atoms with Crippen molar-refractivity contribution in [3.8, 4) is 10.6 Å². The summed E-state index contributed by atoms with van der Waals surface area (Å²) in [5.41, 5.74) is 2.15. The number of thiazole rings is 1. The molecule has 0 aliphatic carbocycles. The molecule has 2 aromatic heterocycles. The number of anilines is 1. The van der Waals surface area contributed by atoms with Crippen molar-refractivity contribution >= 4 is 27.2 Å². The summed E-state index contributed by atoms with van der Waals surface area (Å²) in [6, 6.07) is 13.5. The van der Waals surface area contributed by atoms with Crippen LogP contribution in [-0.2, 0) is 16.4 Å². The van der Waals surface area contributed by atoms with Gasteiger partial charge in [0.15, 0.2) is 0 Å². The number of rotatable bonds is 7. The van der Waals surface area contributed by atoms with E-state index in [-0.39, 0.29) is 4.90 Å². The standard InChI is InChI=1S/C21H25N5O2S2/c1-25-11-13-26(14-12-25)30(27,28)19-7-8-20(23-15-19)22-10-9-18-16-29-21(24-18)17-5-3-2-4-6-17/h2-8,15-16H,9-14H2,1H3,(H,22,23). The van der Waals surface area contributed by atoms with Crippen LogP contribution in [0.15, 0.2) is 58.9 Å². The minimum absolute atomic E-state index is 0.240. The fourth-order valence-electron chi connectivity index (χ4n) is 3.27. The monoisotopic (exact) mass is 443 g/mol. The highest BCUT2D eigenvalue weighted by molar-refractivity contribution is 7.89. The molecule has 0 atom stereocenters. The van der Waals surface area contributed by atoms with E-state index in [1.54, 1.807) is 23.5 Å². The molecule has 3 aromatic rings. The maximum absolute atomic E-state index is 12.8. The number of benzene rings is 1. The Morgan fingerprint density at radius 2 is 1.83 bits per heavy atom. The van der Waals surface area contributed by atoms with Gasteiger partial charge in [0.1, 0.15) is 15.7 Å².